The number of hydrogen-bond acceptors (Lipinski definition) is 4. The number of benzene rings is 1. The number of rotatable bonds is 4. The van der Waals surface area contributed by atoms with E-state index in [1.54, 1.807) is 6.29 Å². The summed E-state index contributed by atoms with van der Waals surface area (Å²) in [7, 11) is 0. The lowest BCUT2D eigenvalue weighted by molar-refractivity contribution is -0.385. The highest BCUT2D eigenvalue weighted by molar-refractivity contribution is 5.62. The Balaban J connectivity index is 3.25. The van der Waals surface area contributed by atoms with Gasteiger partial charge in [0.1, 0.15) is 0 Å². The molecule has 0 saturated carbocycles. The molecule has 0 amide bonds. The molecule has 0 spiro atoms. The monoisotopic (exact) mass is 205 g/mol. The van der Waals surface area contributed by atoms with Gasteiger partial charge >= 0.3 is 0 Å². The van der Waals surface area contributed by atoms with Crippen LogP contribution < -0.4 is 0 Å². The summed E-state index contributed by atoms with van der Waals surface area (Å²) in [5.74, 6) is 0. The van der Waals surface area contributed by atoms with Gasteiger partial charge in [0, 0.05) is 28.6 Å². The highest BCUT2D eigenvalue weighted by Gasteiger charge is 2.13. The molecule has 1 rings (SSSR count). The Labute approximate surface area is 84.1 Å². The van der Waals surface area contributed by atoms with Gasteiger partial charge in [0.15, 0.2) is 0 Å². The molecule has 15 heavy (non-hydrogen) atoms. The van der Waals surface area contributed by atoms with Gasteiger partial charge in [-0.1, -0.05) is 17.2 Å². The Morgan fingerprint density at radius 2 is 2.33 bits per heavy atom. The average Bonchev–Trinajstić information content (AvgIpc) is 2.21. The van der Waals surface area contributed by atoms with Gasteiger partial charge in [-0.25, -0.2) is 0 Å². The first-order chi connectivity index (χ1) is 7.19. The fraction of sp³-hybridized carbons (Fsp3) is 0.125. The smallest absolute Gasteiger partial charge is 0.273 e. The molecule has 0 saturated heterocycles. The van der Waals surface area contributed by atoms with Crippen LogP contribution in [0, 0.1) is 10.1 Å². The Morgan fingerprint density at radius 3 is 2.87 bits per heavy atom. The molecule has 0 aliphatic carbocycles. The maximum Gasteiger partial charge on any atom is 0.273 e. The molecule has 0 heterocycles. The van der Waals surface area contributed by atoms with Crippen LogP contribution in [0.2, 0.25) is 0 Å². The zero-order valence-corrected chi connectivity index (χ0v) is 7.45. The van der Waals surface area contributed by atoms with Crippen LogP contribution >= 0.6 is 0 Å². The van der Waals surface area contributed by atoms with Crippen molar-refractivity contribution < 1.29 is 9.72 Å². The quantitative estimate of drug-likeness (QED) is 0.247. The van der Waals surface area contributed by atoms with Crippen LogP contribution in [0.15, 0.2) is 23.3 Å². The average molecular weight is 205 g/mol. The van der Waals surface area contributed by atoms with Crippen molar-refractivity contribution in [1.29, 1.82) is 0 Å². The number of hydrogen-bond donors (Lipinski definition) is 0. The predicted molar refractivity (Wildman–Crippen MR) is 51.3 cm³/mol. The van der Waals surface area contributed by atoms with Crippen molar-refractivity contribution in [1.82, 2.24) is 0 Å². The first-order valence-corrected chi connectivity index (χ1v) is 3.86. The zero-order valence-electron chi connectivity index (χ0n) is 7.45. The molecule has 0 atom stereocenters. The van der Waals surface area contributed by atoms with Gasteiger partial charge in [-0.05, 0) is 5.53 Å². The first kappa shape index (κ1) is 10.7. The van der Waals surface area contributed by atoms with Crippen molar-refractivity contribution in [2.45, 2.75) is 6.42 Å². The van der Waals surface area contributed by atoms with E-state index in [0.717, 1.165) is 6.07 Å². The lowest BCUT2D eigenvalue weighted by Crippen LogP contribution is -1.95. The number of nitro benzene ring substituents is 1. The van der Waals surface area contributed by atoms with Gasteiger partial charge in [0.2, 0.25) is 6.29 Å². The minimum Gasteiger partial charge on any atom is -0.291 e. The van der Waals surface area contributed by atoms with Crippen molar-refractivity contribution in [2.24, 2.45) is 5.11 Å². The molecule has 0 unspecified atom stereocenters. The Hall–Kier alpha value is -2.40. The molecule has 0 aliphatic heterocycles. The van der Waals surface area contributed by atoms with E-state index < -0.39 is 4.92 Å². The second-order valence-corrected chi connectivity index (χ2v) is 2.58. The number of nitrogens with zero attached hydrogens (tertiary/aromatic N) is 4. The summed E-state index contributed by atoms with van der Waals surface area (Å²) in [4.78, 5) is 22.6. The van der Waals surface area contributed by atoms with Gasteiger partial charge in [-0.15, -0.1) is 0 Å². The molecular weight excluding hydrogens is 200 g/mol. The number of carbonyl (C=O) groups excluding carboxylic acids is 1. The molecule has 1 radical (unpaired) electrons. The Bertz CT molecular complexity index is 451. The molecule has 75 valence electrons. The van der Waals surface area contributed by atoms with Crippen LogP contribution in [0.3, 0.4) is 0 Å². The van der Waals surface area contributed by atoms with Crippen molar-refractivity contribution in [3.8, 4) is 0 Å². The highest BCUT2D eigenvalue weighted by atomic mass is 16.6. The molecule has 0 bridgehead atoms. The molecule has 0 aromatic heterocycles. The highest BCUT2D eigenvalue weighted by Crippen LogP contribution is 2.25. The molecule has 1 aromatic rings. The molecular formula is C8H5N4O3. The number of nitro groups is 1. The van der Waals surface area contributed by atoms with Gasteiger partial charge in [0.25, 0.3) is 5.69 Å². The van der Waals surface area contributed by atoms with E-state index in [2.05, 4.69) is 10.0 Å². The van der Waals surface area contributed by atoms with Crippen LogP contribution in [0.5, 0.6) is 0 Å². The van der Waals surface area contributed by atoms with E-state index in [9.17, 15) is 14.9 Å². The third kappa shape index (κ3) is 2.52. The first-order valence-electron chi connectivity index (χ1n) is 3.86. The fourth-order valence-electron chi connectivity index (χ4n) is 1.06. The summed E-state index contributed by atoms with van der Waals surface area (Å²) in [5, 5.41) is 13.8. The lowest BCUT2D eigenvalue weighted by atomic mass is 10.1. The summed E-state index contributed by atoms with van der Waals surface area (Å²) in [6.07, 6.45) is 1.41. The zero-order chi connectivity index (χ0) is 11.3. The summed E-state index contributed by atoms with van der Waals surface area (Å²) >= 11 is 0. The second-order valence-electron chi connectivity index (χ2n) is 2.58. The summed E-state index contributed by atoms with van der Waals surface area (Å²) in [6, 6.07) is 3.89. The minimum absolute atomic E-state index is 0.138. The largest absolute Gasteiger partial charge is 0.291 e. The van der Waals surface area contributed by atoms with Crippen LogP contribution in [0.25, 0.3) is 10.4 Å². The van der Waals surface area contributed by atoms with E-state index in [-0.39, 0.29) is 23.4 Å². The third-order valence-electron chi connectivity index (χ3n) is 1.69. The Morgan fingerprint density at radius 1 is 1.60 bits per heavy atom. The van der Waals surface area contributed by atoms with Crippen LogP contribution in [-0.4, -0.2) is 11.2 Å². The van der Waals surface area contributed by atoms with Crippen LogP contribution in [0.1, 0.15) is 5.56 Å². The molecule has 0 N–H and O–H groups in total. The van der Waals surface area contributed by atoms with Crippen molar-refractivity contribution in [3.05, 3.63) is 44.3 Å². The molecule has 0 fully saturated rings. The van der Waals surface area contributed by atoms with E-state index in [1.807, 2.05) is 0 Å². The van der Waals surface area contributed by atoms with Crippen LogP contribution in [-0.2, 0) is 11.2 Å². The van der Waals surface area contributed by atoms with Gasteiger partial charge in [-0.2, -0.15) is 0 Å². The topological polar surface area (TPSA) is 109 Å². The van der Waals surface area contributed by atoms with Crippen molar-refractivity contribution in [2.75, 3.05) is 0 Å². The van der Waals surface area contributed by atoms with E-state index in [1.165, 1.54) is 12.1 Å². The molecule has 7 nitrogen and oxygen atoms in total. The SMILES string of the molecule is [N-]=[N+]=Nc1ccc(C[C]=O)c([N+](=O)[O-])c1. The van der Waals surface area contributed by atoms with Gasteiger partial charge in [-0.3, -0.25) is 14.9 Å². The summed E-state index contributed by atoms with van der Waals surface area (Å²) < 4.78 is 0. The standard InChI is InChI=1S/C8H5N4O3/c9-11-10-7-2-1-6(3-4-13)8(5-7)12(14)15/h1-2,5H,3H2. The van der Waals surface area contributed by atoms with Gasteiger partial charge < -0.3 is 0 Å². The fourth-order valence-corrected chi connectivity index (χ4v) is 1.06. The van der Waals surface area contributed by atoms with E-state index in [4.69, 9.17) is 5.53 Å². The summed E-state index contributed by atoms with van der Waals surface area (Å²) in [5.41, 5.74) is 8.28. The third-order valence-corrected chi connectivity index (χ3v) is 1.69. The van der Waals surface area contributed by atoms with Crippen molar-refractivity contribution >= 4 is 17.7 Å². The predicted octanol–water partition coefficient (Wildman–Crippen LogP) is 2.19. The molecule has 7 heteroatoms. The normalized spacial score (nSPS) is 9.07. The molecule has 1 aromatic carbocycles. The molecule has 0 aliphatic rings. The second kappa shape index (κ2) is 4.73. The Kier molecular flexibility index (Phi) is 3.37. The maximum absolute atomic E-state index is 10.6. The number of azide groups is 1. The van der Waals surface area contributed by atoms with Gasteiger partial charge in [0.05, 0.1) is 4.92 Å². The van der Waals surface area contributed by atoms with Crippen molar-refractivity contribution in [3.63, 3.8) is 0 Å². The minimum atomic E-state index is -0.636. The summed E-state index contributed by atoms with van der Waals surface area (Å²) in [6.45, 7) is 0. The maximum atomic E-state index is 10.6. The lowest BCUT2D eigenvalue weighted by Gasteiger charge is -1.98. The van der Waals surface area contributed by atoms with E-state index >= 15 is 0 Å². The van der Waals surface area contributed by atoms with Crippen LogP contribution in [0.4, 0.5) is 11.4 Å². The van der Waals surface area contributed by atoms with E-state index in [0.29, 0.717) is 0 Å².